The van der Waals surface area contributed by atoms with Crippen LogP contribution in [0, 0.1) is 0 Å². The number of anilines is 6. The number of para-hydroxylation sites is 2. The fourth-order valence-corrected chi connectivity index (χ4v) is 5.59. The summed E-state index contributed by atoms with van der Waals surface area (Å²) in [5.41, 5.74) is 3.10. The van der Waals surface area contributed by atoms with Crippen LogP contribution >= 0.6 is 23.2 Å². The summed E-state index contributed by atoms with van der Waals surface area (Å²) in [6.45, 7) is 5.36. The SMILES string of the molecule is C=CC(=O)Nc1ccccc1Nc1ncc2c(n1)N(Cc1cccc(NC(=O)CC)c1)C(=O)N(c1c(Cl)c(OC)cc(OC)c1Cl)C2. The van der Waals surface area contributed by atoms with Crippen LogP contribution in [0.5, 0.6) is 11.5 Å². The first-order valence-corrected chi connectivity index (χ1v) is 15.2. The molecule has 0 unspecified atom stereocenters. The summed E-state index contributed by atoms with van der Waals surface area (Å²) < 4.78 is 10.9. The van der Waals surface area contributed by atoms with E-state index in [0.717, 1.165) is 0 Å². The lowest BCUT2D eigenvalue weighted by molar-refractivity contribution is -0.116. The number of rotatable bonds is 11. The van der Waals surface area contributed by atoms with Crippen molar-refractivity contribution in [2.75, 3.05) is 40.0 Å². The molecule has 4 aromatic rings. The van der Waals surface area contributed by atoms with Gasteiger partial charge in [0.2, 0.25) is 17.8 Å². The molecule has 3 N–H and O–H groups in total. The molecule has 0 radical (unpaired) electrons. The maximum Gasteiger partial charge on any atom is 0.330 e. The Morgan fingerprint density at radius 2 is 1.70 bits per heavy atom. The van der Waals surface area contributed by atoms with Crippen molar-refractivity contribution in [1.29, 1.82) is 0 Å². The largest absolute Gasteiger partial charge is 0.495 e. The van der Waals surface area contributed by atoms with E-state index in [1.165, 1.54) is 30.1 Å². The van der Waals surface area contributed by atoms with Gasteiger partial charge in [-0.3, -0.25) is 19.4 Å². The van der Waals surface area contributed by atoms with E-state index in [2.05, 4.69) is 27.5 Å². The van der Waals surface area contributed by atoms with Gasteiger partial charge in [-0.05, 0) is 35.9 Å². The molecule has 1 aliphatic heterocycles. The minimum absolute atomic E-state index is 0.0271. The summed E-state index contributed by atoms with van der Waals surface area (Å²) in [6, 6.07) is 15.3. The number of carbonyl (C=O) groups excluding carboxylic acids is 3. The highest BCUT2D eigenvalue weighted by Crippen LogP contribution is 2.48. The fraction of sp³-hybridized carbons (Fsp3) is 0.182. The number of carbonyl (C=O) groups is 3. The lowest BCUT2D eigenvalue weighted by Crippen LogP contribution is -2.48. The van der Waals surface area contributed by atoms with Gasteiger partial charge in [-0.15, -0.1) is 0 Å². The van der Waals surface area contributed by atoms with E-state index in [0.29, 0.717) is 40.4 Å². The standard InChI is InChI=1S/C33H31Cl2N7O5/c1-5-26(43)37-21-11-9-10-19(14-21)17-42-31-20(16-36-32(40-31)39-23-13-8-7-12-22(23)38-27(44)6-2)18-41(33(42)45)30-28(34)24(46-3)15-25(47-4)29(30)35/h6-16H,2,5,17-18H2,1,3-4H3,(H,37,43)(H,38,44)(H,36,39,40). The zero-order valence-electron chi connectivity index (χ0n) is 25.8. The van der Waals surface area contributed by atoms with Gasteiger partial charge in [-0.25, -0.2) is 9.78 Å². The van der Waals surface area contributed by atoms with E-state index in [9.17, 15) is 14.4 Å². The van der Waals surface area contributed by atoms with Crippen molar-refractivity contribution < 1.29 is 23.9 Å². The van der Waals surface area contributed by atoms with Gasteiger partial charge in [0.05, 0.1) is 44.4 Å². The summed E-state index contributed by atoms with van der Waals surface area (Å²) in [5, 5.41) is 8.97. The first-order chi connectivity index (χ1) is 22.7. The Labute approximate surface area is 281 Å². The van der Waals surface area contributed by atoms with Crippen molar-refractivity contribution in [3.8, 4) is 11.5 Å². The number of hydrogen-bond acceptors (Lipinski definition) is 8. The Balaban J connectivity index is 1.59. The molecular formula is C33H31Cl2N7O5. The van der Waals surface area contributed by atoms with Crippen LogP contribution in [-0.2, 0) is 22.7 Å². The highest BCUT2D eigenvalue weighted by molar-refractivity contribution is 6.42. The zero-order valence-corrected chi connectivity index (χ0v) is 27.3. The minimum Gasteiger partial charge on any atom is -0.495 e. The molecule has 5 rings (SSSR count). The Bertz CT molecular complexity index is 1840. The molecule has 1 aliphatic rings. The second-order valence-electron chi connectivity index (χ2n) is 10.2. The number of hydrogen-bond donors (Lipinski definition) is 3. The van der Waals surface area contributed by atoms with Gasteiger partial charge in [-0.1, -0.05) is 61.0 Å². The van der Waals surface area contributed by atoms with Gasteiger partial charge in [0.1, 0.15) is 27.4 Å². The molecule has 0 bridgehead atoms. The average molecular weight is 677 g/mol. The van der Waals surface area contributed by atoms with Crippen molar-refractivity contribution in [3.63, 3.8) is 0 Å². The highest BCUT2D eigenvalue weighted by Gasteiger charge is 2.37. The lowest BCUT2D eigenvalue weighted by Gasteiger charge is -2.37. The molecule has 0 saturated heterocycles. The first-order valence-electron chi connectivity index (χ1n) is 14.4. The van der Waals surface area contributed by atoms with E-state index < -0.39 is 6.03 Å². The van der Waals surface area contributed by atoms with E-state index in [4.69, 9.17) is 37.7 Å². The third kappa shape index (κ3) is 7.08. The number of nitrogens with zero attached hydrogens (tertiary/aromatic N) is 4. The van der Waals surface area contributed by atoms with Crippen LogP contribution in [-0.4, -0.2) is 42.0 Å². The van der Waals surface area contributed by atoms with Gasteiger partial charge < -0.3 is 25.4 Å². The second-order valence-corrected chi connectivity index (χ2v) is 11.0. The number of urea groups is 1. The van der Waals surface area contributed by atoms with Crippen molar-refractivity contribution in [2.45, 2.75) is 26.4 Å². The smallest absolute Gasteiger partial charge is 0.330 e. The van der Waals surface area contributed by atoms with Crippen LogP contribution in [0.1, 0.15) is 24.5 Å². The van der Waals surface area contributed by atoms with E-state index in [1.807, 2.05) is 6.07 Å². The average Bonchev–Trinajstić information content (AvgIpc) is 3.07. The zero-order chi connectivity index (χ0) is 33.7. The Kier molecular flexibility index (Phi) is 10.1. The molecule has 0 spiro atoms. The highest BCUT2D eigenvalue weighted by atomic mass is 35.5. The molecule has 2 heterocycles. The summed E-state index contributed by atoms with van der Waals surface area (Å²) in [6.07, 6.45) is 3.08. The number of aromatic nitrogens is 2. The number of ether oxygens (including phenoxy) is 2. The van der Waals surface area contributed by atoms with Gasteiger partial charge in [0.25, 0.3) is 0 Å². The molecule has 4 amide bonds. The van der Waals surface area contributed by atoms with Crippen molar-refractivity contribution >= 4 is 75.6 Å². The predicted octanol–water partition coefficient (Wildman–Crippen LogP) is 7.16. The number of amides is 4. The summed E-state index contributed by atoms with van der Waals surface area (Å²) in [4.78, 5) is 50.6. The summed E-state index contributed by atoms with van der Waals surface area (Å²) in [7, 11) is 2.90. The Hall–Kier alpha value is -5.33. The van der Waals surface area contributed by atoms with E-state index >= 15 is 0 Å². The lowest BCUT2D eigenvalue weighted by atomic mass is 10.1. The first kappa shape index (κ1) is 33.0. The molecule has 242 valence electrons. The number of benzene rings is 3. The summed E-state index contributed by atoms with van der Waals surface area (Å²) in [5.74, 6) is 0.527. The molecule has 0 saturated carbocycles. The van der Waals surface area contributed by atoms with Crippen LogP contribution in [0.15, 0.2) is 73.4 Å². The maximum atomic E-state index is 14.4. The molecule has 3 aromatic carbocycles. The summed E-state index contributed by atoms with van der Waals surface area (Å²) >= 11 is 13.5. The van der Waals surface area contributed by atoms with Crippen molar-refractivity contribution in [1.82, 2.24) is 9.97 Å². The van der Waals surface area contributed by atoms with Crippen LogP contribution in [0.4, 0.5) is 39.3 Å². The van der Waals surface area contributed by atoms with E-state index in [1.54, 1.807) is 61.7 Å². The number of methoxy groups -OCH3 is 2. The molecule has 12 nitrogen and oxygen atoms in total. The number of fused-ring (bicyclic) bond motifs is 1. The van der Waals surface area contributed by atoms with Crippen LogP contribution < -0.4 is 35.2 Å². The molecule has 14 heteroatoms. The molecule has 0 atom stereocenters. The number of nitrogens with one attached hydrogen (secondary N) is 3. The minimum atomic E-state index is -0.483. The topological polar surface area (TPSA) is 138 Å². The predicted molar refractivity (Wildman–Crippen MR) is 183 cm³/mol. The second kappa shape index (κ2) is 14.4. The van der Waals surface area contributed by atoms with Crippen molar-refractivity contribution in [3.05, 3.63) is 94.6 Å². The quantitative estimate of drug-likeness (QED) is 0.142. The Morgan fingerprint density at radius 3 is 2.36 bits per heavy atom. The van der Waals surface area contributed by atoms with Crippen LogP contribution in [0.2, 0.25) is 10.0 Å². The molecular weight excluding hydrogens is 645 g/mol. The normalized spacial score (nSPS) is 12.2. The molecule has 1 aromatic heterocycles. The molecule has 0 aliphatic carbocycles. The molecule has 47 heavy (non-hydrogen) atoms. The van der Waals surface area contributed by atoms with Gasteiger partial charge >= 0.3 is 6.03 Å². The number of halogens is 2. The monoisotopic (exact) mass is 675 g/mol. The van der Waals surface area contributed by atoms with Crippen molar-refractivity contribution in [2.24, 2.45) is 0 Å². The van der Waals surface area contributed by atoms with Gasteiger partial charge in [0.15, 0.2) is 0 Å². The fourth-order valence-electron chi connectivity index (χ4n) is 4.89. The third-order valence-electron chi connectivity index (χ3n) is 7.20. The maximum absolute atomic E-state index is 14.4. The Morgan fingerprint density at radius 1 is 1.00 bits per heavy atom. The van der Waals surface area contributed by atoms with E-state index in [-0.39, 0.29) is 58.1 Å². The van der Waals surface area contributed by atoms with Gasteiger partial charge in [0, 0.05) is 29.9 Å². The van der Waals surface area contributed by atoms with Gasteiger partial charge in [-0.2, -0.15) is 4.98 Å². The van der Waals surface area contributed by atoms with Crippen LogP contribution in [0.25, 0.3) is 0 Å². The third-order valence-corrected chi connectivity index (χ3v) is 7.93. The molecule has 0 fully saturated rings. The van der Waals surface area contributed by atoms with Crippen LogP contribution in [0.3, 0.4) is 0 Å².